The van der Waals surface area contributed by atoms with Gasteiger partial charge in [0.15, 0.2) is 5.78 Å². The van der Waals surface area contributed by atoms with Crippen molar-refractivity contribution in [1.29, 1.82) is 0 Å². The van der Waals surface area contributed by atoms with Gasteiger partial charge in [0.1, 0.15) is 0 Å². The molecule has 2 aromatic carbocycles. The topological polar surface area (TPSA) is 63.1 Å². The van der Waals surface area contributed by atoms with Crippen LogP contribution in [0.5, 0.6) is 0 Å². The number of allylic oxidation sites excluding steroid dienone is 2. The van der Waals surface area contributed by atoms with E-state index in [-0.39, 0.29) is 48.9 Å². The van der Waals surface area contributed by atoms with Gasteiger partial charge in [-0.3, -0.25) is 9.78 Å². The van der Waals surface area contributed by atoms with Crippen LogP contribution in [0.2, 0.25) is 0 Å². The first-order chi connectivity index (χ1) is 18.7. The quantitative estimate of drug-likeness (QED) is 0.118. The van der Waals surface area contributed by atoms with E-state index in [1.165, 1.54) is 33.2 Å². The van der Waals surface area contributed by atoms with Gasteiger partial charge in [0.2, 0.25) is 0 Å². The van der Waals surface area contributed by atoms with Crippen molar-refractivity contribution in [3.8, 4) is 11.3 Å². The fourth-order valence-corrected chi connectivity index (χ4v) is 5.92. The summed E-state index contributed by atoms with van der Waals surface area (Å²) in [5, 5.41) is 14.6. The van der Waals surface area contributed by atoms with Crippen molar-refractivity contribution < 1.29 is 30.0 Å². The van der Waals surface area contributed by atoms with Crippen LogP contribution in [0.1, 0.15) is 84.2 Å². The van der Waals surface area contributed by atoms with E-state index >= 15 is 0 Å². The third-order valence-electron chi connectivity index (χ3n) is 8.26. The summed E-state index contributed by atoms with van der Waals surface area (Å²) in [5.74, 6) is 0.547. The Kier molecular flexibility index (Phi) is 10.4. The van der Waals surface area contributed by atoms with Crippen LogP contribution >= 0.6 is 0 Å². The molecule has 1 aliphatic rings. The molecular formula is C35H41IrN2O2-. The van der Waals surface area contributed by atoms with Crippen LogP contribution in [0.3, 0.4) is 0 Å². The first-order valence-electron chi connectivity index (χ1n) is 14.3. The Morgan fingerprint density at radius 1 is 1.00 bits per heavy atom. The van der Waals surface area contributed by atoms with E-state index in [0.29, 0.717) is 0 Å². The minimum atomic E-state index is -0.188. The monoisotopic (exact) mass is 714 g/mol. The predicted octanol–water partition coefficient (Wildman–Crippen LogP) is 9.07. The zero-order valence-corrected chi connectivity index (χ0v) is 27.2. The van der Waals surface area contributed by atoms with Gasteiger partial charge in [0.05, 0.1) is 5.76 Å². The third kappa shape index (κ3) is 5.92. The zero-order valence-electron chi connectivity index (χ0n) is 24.8. The molecule has 0 spiro atoms. The largest absolute Gasteiger partial charge is 0.512 e. The summed E-state index contributed by atoms with van der Waals surface area (Å²) in [6.45, 7) is 14.7. The van der Waals surface area contributed by atoms with Gasteiger partial charge < -0.3 is 10.1 Å². The van der Waals surface area contributed by atoms with Gasteiger partial charge in [-0.2, -0.15) is 0 Å². The Morgan fingerprint density at radius 3 is 2.30 bits per heavy atom. The third-order valence-corrected chi connectivity index (χ3v) is 8.26. The Balaban J connectivity index is 0.000000243. The number of aromatic nitrogens is 2. The zero-order chi connectivity index (χ0) is 28.3. The maximum atomic E-state index is 11.7. The average molecular weight is 714 g/mol. The van der Waals surface area contributed by atoms with Crippen molar-refractivity contribution >= 4 is 27.3 Å². The van der Waals surface area contributed by atoms with Crippen LogP contribution in [0, 0.1) is 24.8 Å². The molecule has 1 aliphatic carbocycles. The molecule has 0 saturated heterocycles. The van der Waals surface area contributed by atoms with Crippen molar-refractivity contribution in [2.45, 2.75) is 79.6 Å². The summed E-state index contributed by atoms with van der Waals surface area (Å²) in [4.78, 5) is 21.4. The molecular weight excluding hydrogens is 673 g/mol. The number of aliphatic hydroxyl groups excluding tert-OH is 1. The van der Waals surface area contributed by atoms with Crippen LogP contribution in [0.25, 0.3) is 32.8 Å². The fourth-order valence-electron chi connectivity index (χ4n) is 5.92. The second-order valence-corrected chi connectivity index (χ2v) is 11.1. The molecule has 213 valence electrons. The molecule has 1 radical (unpaired) electrons. The molecule has 2 aromatic heterocycles. The Morgan fingerprint density at radius 2 is 1.65 bits per heavy atom. The molecule has 0 fully saturated rings. The molecule has 2 heterocycles. The number of nitrogens with zero attached hydrogens (tertiary/aromatic N) is 2. The van der Waals surface area contributed by atoms with E-state index in [2.05, 4.69) is 69.3 Å². The predicted molar refractivity (Wildman–Crippen MR) is 162 cm³/mol. The van der Waals surface area contributed by atoms with E-state index in [1.54, 1.807) is 0 Å². The summed E-state index contributed by atoms with van der Waals surface area (Å²) >= 11 is 0. The minimum absolute atomic E-state index is 0. The summed E-state index contributed by atoms with van der Waals surface area (Å²) in [7, 11) is 0. The molecule has 1 N–H and O–H groups in total. The number of hydrogen-bond acceptors (Lipinski definition) is 4. The molecule has 0 amide bonds. The van der Waals surface area contributed by atoms with Crippen LogP contribution in [-0.2, 0) is 30.3 Å². The standard InChI is InChI=1S/C22H17N2.C13H24O2.Ir/c1-13-12-15-10-11-23-20-17-9-8-14-6-4-5-7-16(14)19(17)22(2,3)21(24-13)18(15)20;1-5-10(6-2)12(14)9-13(15)11(7-3)8-4;/h4-8,10-12H,1-3H3;9-11,14H,5-8H2,1-4H3;/q-1;;/b;12-9-;. The first kappa shape index (κ1) is 31.6. The summed E-state index contributed by atoms with van der Waals surface area (Å²) in [5.41, 5.74) is 5.39. The number of pyridine rings is 2. The Bertz CT molecular complexity index is 1530. The van der Waals surface area contributed by atoms with Crippen molar-refractivity contribution in [1.82, 2.24) is 9.97 Å². The van der Waals surface area contributed by atoms with Gasteiger partial charge >= 0.3 is 0 Å². The van der Waals surface area contributed by atoms with Gasteiger partial charge in [-0.05, 0) is 66.6 Å². The smallest absolute Gasteiger partial charge is 0.162 e. The maximum Gasteiger partial charge on any atom is 0.162 e. The maximum absolute atomic E-state index is 11.7. The number of fused-ring (bicyclic) bond motifs is 4. The average Bonchev–Trinajstić information content (AvgIpc) is 2.92. The molecule has 0 aliphatic heterocycles. The second-order valence-electron chi connectivity index (χ2n) is 11.1. The van der Waals surface area contributed by atoms with E-state index in [0.717, 1.165) is 48.3 Å². The number of carbonyl (C=O) groups excluding carboxylic acids is 1. The first-order valence-corrected chi connectivity index (χ1v) is 14.3. The van der Waals surface area contributed by atoms with E-state index in [4.69, 9.17) is 9.97 Å². The molecule has 4 aromatic rings. The van der Waals surface area contributed by atoms with E-state index < -0.39 is 0 Å². The van der Waals surface area contributed by atoms with Crippen molar-refractivity contribution in [2.24, 2.45) is 11.8 Å². The van der Waals surface area contributed by atoms with Crippen LogP contribution in [0.15, 0.2) is 60.5 Å². The fraction of sp³-hybridized carbons (Fsp3) is 0.400. The Labute approximate surface area is 252 Å². The number of rotatable bonds is 7. The number of aliphatic hydroxyl groups is 1. The van der Waals surface area contributed by atoms with Crippen molar-refractivity contribution in [3.63, 3.8) is 0 Å². The summed E-state index contributed by atoms with van der Waals surface area (Å²) in [6.07, 6.45) is 6.80. The van der Waals surface area contributed by atoms with Gasteiger partial charge in [-0.15, -0.1) is 23.3 Å². The van der Waals surface area contributed by atoms with Gasteiger partial charge in [0, 0.05) is 55.6 Å². The molecule has 4 nitrogen and oxygen atoms in total. The summed E-state index contributed by atoms with van der Waals surface area (Å²) in [6, 6.07) is 18.3. The number of hydrogen-bond donors (Lipinski definition) is 1. The van der Waals surface area contributed by atoms with Crippen LogP contribution in [0.4, 0.5) is 0 Å². The molecule has 5 rings (SSSR count). The normalized spacial score (nSPS) is 13.6. The van der Waals surface area contributed by atoms with Crippen molar-refractivity contribution in [2.75, 3.05) is 0 Å². The Hall–Kier alpha value is -2.88. The number of benzene rings is 2. The number of ketones is 1. The number of carbonyl (C=O) groups is 1. The van der Waals surface area contributed by atoms with Crippen molar-refractivity contribution in [3.05, 3.63) is 83.5 Å². The van der Waals surface area contributed by atoms with Gasteiger partial charge in [-0.25, -0.2) is 0 Å². The minimum Gasteiger partial charge on any atom is -0.512 e. The van der Waals surface area contributed by atoms with Crippen LogP contribution < -0.4 is 0 Å². The molecule has 0 saturated carbocycles. The SMILES string of the molecule is CCC(CC)C(=O)/C=C(\O)C(CC)CC.Cc1cc2ccnc3c2c(n1)C(C)(C)c1c-3[c-]cc2ccccc12.[Ir]. The van der Waals surface area contributed by atoms with E-state index in [1.807, 2.05) is 33.9 Å². The van der Waals surface area contributed by atoms with Crippen LogP contribution in [-0.4, -0.2) is 20.9 Å². The van der Waals surface area contributed by atoms with Gasteiger partial charge in [0.25, 0.3) is 0 Å². The molecule has 0 unspecified atom stereocenters. The molecule has 0 atom stereocenters. The summed E-state index contributed by atoms with van der Waals surface area (Å²) < 4.78 is 0. The molecule has 5 heteroatoms. The second kappa shape index (κ2) is 13.2. The molecule has 40 heavy (non-hydrogen) atoms. The van der Waals surface area contributed by atoms with Gasteiger partial charge in [-0.1, -0.05) is 76.6 Å². The van der Waals surface area contributed by atoms with E-state index in [9.17, 15) is 9.90 Å². The molecule has 0 bridgehead atoms. The number of aryl methyl sites for hydroxylation is 1.